The van der Waals surface area contributed by atoms with E-state index >= 15 is 0 Å². The Labute approximate surface area is 195 Å². The van der Waals surface area contributed by atoms with Gasteiger partial charge in [0, 0.05) is 49.3 Å². The third-order valence-corrected chi connectivity index (χ3v) is 6.42. The normalized spacial score (nSPS) is 16.1. The molecule has 1 atom stereocenters. The smallest absolute Gasteiger partial charge is 0.361 e. The van der Waals surface area contributed by atoms with Crippen LogP contribution in [0.1, 0.15) is 25.3 Å². The minimum atomic E-state index is -4.24. The average Bonchev–Trinajstić information content (AvgIpc) is 3.16. The third-order valence-electron chi connectivity index (χ3n) is 5.58. The second-order valence-electron chi connectivity index (χ2n) is 8.14. The summed E-state index contributed by atoms with van der Waals surface area (Å²) in [5.74, 6) is -0.543. The Morgan fingerprint density at radius 2 is 1.91 bits per heavy atom. The number of aromatic nitrogens is 1. The van der Waals surface area contributed by atoms with Crippen molar-refractivity contribution in [2.24, 2.45) is 0 Å². The number of hydrogen-bond donors (Lipinski definition) is 4. The molecule has 3 rings (SSSR count). The number of fused-ring (bicyclic) bond motifs is 1. The number of piperazine rings is 1. The van der Waals surface area contributed by atoms with Gasteiger partial charge in [0.15, 0.2) is 10.2 Å². The highest BCUT2D eigenvalue weighted by Crippen LogP contribution is 2.21. The fraction of sp³-hybridized carbons (Fsp3) is 0.500. The standard InChI is InChI=1S/C22H29F3N6OS/c1-2-5-16(12-15-13-28-18-7-4-3-6-17(15)18)29-20(32)19(26)33-21(27)31-10-8-30(9-11-31)14-22(23,24)25/h3-4,6-7,13,16,26-28H,2,5,8-12,14H2,1H3,(H,29,32). The van der Waals surface area contributed by atoms with Crippen LogP contribution in [-0.2, 0) is 11.2 Å². The van der Waals surface area contributed by atoms with E-state index in [1.807, 2.05) is 37.4 Å². The number of nitrogens with one attached hydrogen (secondary N) is 4. The SMILES string of the molecule is CCCC(Cc1c[nH]c2ccccc12)NC(=O)C(=N)SC(=N)N1CCN(CC(F)(F)F)CC1. The summed E-state index contributed by atoms with van der Waals surface area (Å²) in [5, 5.41) is 20.0. The Morgan fingerprint density at radius 3 is 2.58 bits per heavy atom. The number of halogens is 3. The van der Waals surface area contributed by atoms with E-state index in [0.29, 0.717) is 6.42 Å². The van der Waals surface area contributed by atoms with Crippen LogP contribution in [0.5, 0.6) is 0 Å². The summed E-state index contributed by atoms with van der Waals surface area (Å²) in [6, 6.07) is 7.79. The lowest BCUT2D eigenvalue weighted by Crippen LogP contribution is -2.50. The van der Waals surface area contributed by atoms with Gasteiger partial charge in [-0.15, -0.1) is 0 Å². The van der Waals surface area contributed by atoms with Crippen LogP contribution in [-0.4, -0.2) is 75.8 Å². The Kier molecular flexibility index (Phi) is 8.41. The first-order valence-electron chi connectivity index (χ1n) is 10.9. The second-order valence-corrected chi connectivity index (χ2v) is 9.14. The lowest BCUT2D eigenvalue weighted by Gasteiger charge is -2.35. The van der Waals surface area contributed by atoms with E-state index in [2.05, 4.69) is 10.3 Å². The first-order valence-corrected chi connectivity index (χ1v) is 11.7. The van der Waals surface area contributed by atoms with Gasteiger partial charge in [0.05, 0.1) is 6.54 Å². The monoisotopic (exact) mass is 482 g/mol. The third kappa shape index (κ3) is 7.23. The topological polar surface area (TPSA) is 99.1 Å². The molecule has 1 amide bonds. The number of alkyl halides is 3. The Bertz CT molecular complexity index is 984. The van der Waals surface area contributed by atoms with Crippen molar-refractivity contribution in [3.8, 4) is 0 Å². The van der Waals surface area contributed by atoms with Crippen LogP contribution >= 0.6 is 11.8 Å². The van der Waals surface area contributed by atoms with Crippen LogP contribution in [0.3, 0.4) is 0 Å². The molecule has 0 radical (unpaired) electrons. The number of para-hydroxylation sites is 1. The molecule has 1 aliphatic heterocycles. The van der Waals surface area contributed by atoms with Gasteiger partial charge in [-0.25, -0.2) is 0 Å². The van der Waals surface area contributed by atoms with E-state index < -0.39 is 18.6 Å². The Hall–Kier alpha value is -2.53. The molecule has 1 saturated heterocycles. The maximum absolute atomic E-state index is 12.6. The van der Waals surface area contributed by atoms with Gasteiger partial charge in [0.2, 0.25) is 0 Å². The van der Waals surface area contributed by atoms with Crippen molar-refractivity contribution in [1.82, 2.24) is 20.1 Å². The molecule has 2 heterocycles. The zero-order valence-electron chi connectivity index (χ0n) is 18.5. The molecule has 1 aliphatic rings. The van der Waals surface area contributed by atoms with Gasteiger partial charge in [-0.1, -0.05) is 31.5 Å². The predicted molar refractivity (Wildman–Crippen MR) is 126 cm³/mol. The second kappa shape index (κ2) is 11.1. The van der Waals surface area contributed by atoms with E-state index in [1.165, 1.54) is 4.90 Å². The van der Waals surface area contributed by atoms with Gasteiger partial charge in [-0.2, -0.15) is 13.2 Å². The molecule has 0 saturated carbocycles. The minimum absolute atomic E-state index is 0.00507. The number of H-pyrrole nitrogens is 1. The first kappa shape index (κ1) is 25.1. The average molecular weight is 483 g/mol. The van der Waals surface area contributed by atoms with Gasteiger partial charge >= 0.3 is 6.18 Å². The number of benzene rings is 1. The Balaban J connectivity index is 1.51. The van der Waals surface area contributed by atoms with Crippen molar-refractivity contribution in [3.05, 3.63) is 36.0 Å². The summed E-state index contributed by atoms with van der Waals surface area (Å²) in [6.45, 7) is 1.96. The zero-order chi connectivity index (χ0) is 24.0. The molecule has 7 nitrogen and oxygen atoms in total. The molecule has 0 aliphatic carbocycles. The molecular weight excluding hydrogens is 453 g/mol. The van der Waals surface area contributed by atoms with Crippen molar-refractivity contribution >= 4 is 38.8 Å². The highest BCUT2D eigenvalue weighted by Gasteiger charge is 2.32. The van der Waals surface area contributed by atoms with E-state index in [1.54, 1.807) is 4.90 Å². The highest BCUT2D eigenvalue weighted by atomic mass is 32.2. The van der Waals surface area contributed by atoms with Crippen molar-refractivity contribution in [3.63, 3.8) is 0 Å². The molecule has 1 aromatic heterocycles. The molecule has 2 aromatic rings. The maximum atomic E-state index is 12.6. The van der Waals surface area contributed by atoms with Crippen LogP contribution in [0, 0.1) is 10.8 Å². The van der Waals surface area contributed by atoms with E-state index in [9.17, 15) is 18.0 Å². The molecule has 0 spiro atoms. The molecule has 11 heteroatoms. The summed E-state index contributed by atoms with van der Waals surface area (Å²) in [4.78, 5) is 18.8. The number of aromatic amines is 1. The van der Waals surface area contributed by atoms with Crippen LogP contribution < -0.4 is 5.32 Å². The number of carbonyl (C=O) groups excluding carboxylic acids is 1. The largest absolute Gasteiger partial charge is 0.401 e. The molecule has 0 bridgehead atoms. The summed E-state index contributed by atoms with van der Waals surface area (Å²) >= 11 is 0.733. The summed E-state index contributed by atoms with van der Waals surface area (Å²) in [5.41, 5.74) is 2.12. The number of nitrogens with zero attached hydrogens (tertiary/aromatic N) is 2. The number of amidine groups is 1. The van der Waals surface area contributed by atoms with Gasteiger partial charge < -0.3 is 15.2 Å². The lowest BCUT2D eigenvalue weighted by molar-refractivity contribution is -0.148. The molecule has 1 fully saturated rings. The van der Waals surface area contributed by atoms with E-state index in [-0.39, 0.29) is 42.4 Å². The molecule has 4 N–H and O–H groups in total. The van der Waals surface area contributed by atoms with Crippen LogP contribution in [0.2, 0.25) is 0 Å². The molecule has 1 aromatic carbocycles. The Morgan fingerprint density at radius 1 is 1.21 bits per heavy atom. The number of rotatable bonds is 6. The molecular formula is C22H29F3N6OS. The molecule has 1 unspecified atom stereocenters. The van der Waals surface area contributed by atoms with Crippen molar-refractivity contribution in [2.45, 2.75) is 38.4 Å². The number of amides is 1. The molecule has 33 heavy (non-hydrogen) atoms. The lowest BCUT2D eigenvalue weighted by atomic mass is 10.0. The van der Waals surface area contributed by atoms with E-state index in [4.69, 9.17) is 10.8 Å². The summed E-state index contributed by atoms with van der Waals surface area (Å²) in [6.07, 6.45) is -0.0617. The van der Waals surface area contributed by atoms with Crippen molar-refractivity contribution in [1.29, 1.82) is 10.8 Å². The fourth-order valence-corrected chi connectivity index (χ4v) is 4.62. The van der Waals surface area contributed by atoms with Gasteiger partial charge in [0.25, 0.3) is 5.91 Å². The number of thioether (sulfide) groups is 1. The van der Waals surface area contributed by atoms with Crippen LogP contribution in [0.15, 0.2) is 30.5 Å². The fourth-order valence-electron chi connectivity index (χ4n) is 3.96. The quantitative estimate of drug-likeness (QED) is 0.372. The zero-order valence-corrected chi connectivity index (χ0v) is 19.3. The van der Waals surface area contributed by atoms with Gasteiger partial charge in [-0.05, 0) is 36.2 Å². The highest BCUT2D eigenvalue weighted by molar-refractivity contribution is 8.27. The van der Waals surface area contributed by atoms with E-state index in [0.717, 1.165) is 41.1 Å². The molecule has 180 valence electrons. The predicted octanol–water partition coefficient (Wildman–Crippen LogP) is 3.82. The summed E-state index contributed by atoms with van der Waals surface area (Å²) in [7, 11) is 0. The first-order chi connectivity index (χ1) is 15.7. The number of hydrogen-bond acceptors (Lipinski definition) is 5. The van der Waals surface area contributed by atoms with Crippen LogP contribution in [0.25, 0.3) is 10.9 Å². The minimum Gasteiger partial charge on any atom is -0.361 e. The van der Waals surface area contributed by atoms with Crippen LogP contribution in [0.4, 0.5) is 13.2 Å². The van der Waals surface area contributed by atoms with Gasteiger partial charge in [-0.3, -0.25) is 20.5 Å². The van der Waals surface area contributed by atoms with Crippen molar-refractivity contribution in [2.75, 3.05) is 32.7 Å². The summed E-state index contributed by atoms with van der Waals surface area (Å²) < 4.78 is 37.6. The number of carbonyl (C=O) groups is 1. The van der Waals surface area contributed by atoms with Gasteiger partial charge in [0.1, 0.15) is 0 Å². The maximum Gasteiger partial charge on any atom is 0.401 e. The van der Waals surface area contributed by atoms with Crippen molar-refractivity contribution < 1.29 is 18.0 Å².